The fourth-order valence-electron chi connectivity index (χ4n) is 3.26. The van der Waals surface area contributed by atoms with E-state index in [1.165, 1.54) is 12.3 Å². The van der Waals surface area contributed by atoms with Gasteiger partial charge in [0.1, 0.15) is 17.1 Å². The second-order valence-electron chi connectivity index (χ2n) is 8.43. The standard InChI is InChI=1S/C20H32FN5O3.HI/c1-13-16(26(20(5,6)28-13)18(27)29-19(2,3)4)12-25-17(22-7)24-11-15-14(21)9-8-10-23-15;/h8-10,13,16H,11-12H2,1-7H3,(H2,22,24,25);1H. The fourth-order valence-corrected chi connectivity index (χ4v) is 3.26. The minimum atomic E-state index is -0.803. The summed E-state index contributed by atoms with van der Waals surface area (Å²) in [6.45, 7) is 11.6. The summed E-state index contributed by atoms with van der Waals surface area (Å²) in [5.74, 6) is 0.0854. The number of guanidine groups is 1. The highest BCUT2D eigenvalue weighted by molar-refractivity contribution is 14.0. The Morgan fingerprint density at radius 3 is 2.63 bits per heavy atom. The van der Waals surface area contributed by atoms with Crippen LogP contribution in [-0.4, -0.2) is 59.0 Å². The van der Waals surface area contributed by atoms with Gasteiger partial charge in [-0.2, -0.15) is 0 Å². The molecule has 1 aromatic rings. The number of carbonyl (C=O) groups is 1. The highest BCUT2D eigenvalue weighted by Gasteiger charge is 2.49. The summed E-state index contributed by atoms with van der Waals surface area (Å²) in [6, 6.07) is 2.63. The topological polar surface area (TPSA) is 88.1 Å². The molecule has 1 amide bonds. The van der Waals surface area contributed by atoms with Gasteiger partial charge in [0.2, 0.25) is 0 Å². The molecule has 1 aromatic heterocycles. The molecule has 30 heavy (non-hydrogen) atoms. The highest BCUT2D eigenvalue weighted by Crippen LogP contribution is 2.33. The minimum absolute atomic E-state index is 0. The predicted octanol–water partition coefficient (Wildman–Crippen LogP) is 3.26. The molecule has 0 bridgehead atoms. The van der Waals surface area contributed by atoms with E-state index in [-0.39, 0.29) is 48.5 Å². The summed E-state index contributed by atoms with van der Waals surface area (Å²) in [5, 5.41) is 6.21. The summed E-state index contributed by atoms with van der Waals surface area (Å²) in [6.07, 6.45) is 0.891. The Balaban J connectivity index is 0.00000450. The van der Waals surface area contributed by atoms with Crippen LogP contribution in [0.4, 0.5) is 9.18 Å². The van der Waals surface area contributed by atoms with Gasteiger partial charge in [-0.3, -0.25) is 14.9 Å². The van der Waals surface area contributed by atoms with Gasteiger partial charge in [0.05, 0.1) is 24.4 Å². The van der Waals surface area contributed by atoms with Gasteiger partial charge in [-0.15, -0.1) is 24.0 Å². The van der Waals surface area contributed by atoms with E-state index in [1.54, 1.807) is 18.0 Å². The SMILES string of the molecule is CN=C(NCc1ncccc1F)NCC1C(C)OC(C)(C)N1C(=O)OC(C)(C)C.I. The Labute approximate surface area is 195 Å². The smallest absolute Gasteiger partial charge is 0.412 e. The molecule has 2 atom stereocenters. The number of ether oxygens (including phenoxy) is 2. The van der Waals surface area contributed by atoms with Gasteiger partial charge in [-0.1, -0.05) is 0 Å². The lowest BCUT2D eigenvalue weighted by Crippen LogP contribution is -2.54. The Kier molecular flexibility index (Phi) is 9.27. The molecule has 1 fully saturated rings. The van der Waals surface area contributed by atoms with Crippen LogP contribution >= 0.6 is 24.0 Å². The van der Waals surface area contributed by atoms with E-state index < -0.39 is 17.4 Å². The molecule has 0 aromatic carbocycles. The number of amides is 1. The second-order valence-corrected chi connectivity index (χ2v) is 8.43. The Morgan fingerprint density at radius 2 is 2.07 bits per heavy atom. The first kappa shape index (κ1) is 26.3. The van der Waals surface area contributed by atoms with Crippen LogP contribution in [0, 0.1) is 5.82 Å². The third kappa shape index (κ3) is 6.93. The first-order chi connectivity index (χ1) is 13.4. The van der Waals surface area contributed by atoms with Gasteiger partial charge in [0, 0.05) is 19.8 Å². The lowest BCUT2D eigenvalue weighted by atomic mass is 10.1. The van der Waals surface area contributed by atoms with E-state index in [2.05, 4.69) is 20.6 Å². The van der Waals surface area contributed by atoms with Crippen molar-refractivity contribution < 1.29 is 18.7 Å². The van der Waals surface area contributed by atoms with Crippen molar-refractivity contribution in [2.45, 2.75) is 71.6 Å². The number of nitrogens with zero attached hydrogens (tertiary/aromatic N) is 3. The Bertz CT molecular complexity index is 754. The van der Waals surface area contributed by atoms with E-state index in [0.717, 1.165) is 0 Å². The minimum Gasteiger partial charge on any atom is -0.444 e. The van der Waals surface area contributed by atoms with Crippen LogP contribution in [0.15, 0.2) is 23.3 Å². The number of hydrogen-bond acceptors (Lipinski definition) is 5. The van der Waals surface area contributed by atoms with Crippen LogP contribution in [0.1, 0.15) is 47.2 Å². The number of rotatable bonds is 4. The number of halogens is 2. The zero-order valence-electron chi connectivity index (χ0n) is 18.7. The largest absolute Gasteiger partial charge is 0.444 e. The normalized spacial score (nSPS) is 21.1. The maximum atomic E-state index is 13.8. The third-order valence-corrected chi connectivity index (χ3v) is 4.48. The van der Waals surface area contributed by atoms with Crippen LogP contribution in [0.5, 0.6) is 0 Å². The molecule has 2 heterocycles. The summed E-state index contributed by atoms with van der Waals surface area (Å²) in [7, 11) is 1.62. The lowest BCUT2D eigenvalue weighted by molar-refractivity contribution is -0.0755. The van der Waals surface area contributed by atoms with E-state index in [4.69, 9.17) is 9.47 Å². The summed E-state index contributed by atoms with van der Waals surface area (Å²) in [5.41, 5.74) is -1.12. The number of carbonyl (C=O) groups excluding carboxylic acids is 1. The van der Waals surface area contributed by atoms with E-state index in [0.29, 0.717) is 18.2 Å². The molecule has 170 valence electrons. The average Bonchev–Trinajstić information content (AvgIpc) is 2.83. The molecule has 0 aliphatic carbocycles. The van der Waals surface area contributed by atoms with Crippen molar-refractivity contribution in [3.63, 3.8) is 0 Å². The van der Waals surface area contributed by atoms with Crippen LogP contribution < -0.4 is 10.6 Å². The van der Waals surface area contributed by atoms with Crippen molar-refractivity contribution in [2.75, 3.05) is 13.6 Å². The van der Waals surface area contributed by atoms with Gasteiger partial charge in [-0.05, 0) is 53.7 Å². The molecule has 2 unspecified atom stereocenters. The van der Waals surface area contributed by atoms with Crippen LogP contribution in [-0.2, 0) is 16.0 Å². The summed E-state index contributed by atoms with van der Waals surface area (Å²) >= 11 is 0. The van der Waals surface area contributed by atoms with Gasteiger partial charge in [0.25, 0.3) is 0 Å². The summed E-state index contributed by atoms with van der Waals surface area (Å²) < 4.78 is 25.3. The molecule has 0 saturated carbocycles. The Morgan fingerprint density at radius 1 is 1.40 bits per heavy atom. The number of aliphatic imine (C=N–C) groups is 1. The molecule has 1 saturated heterocycles. The van der Waals surface area contributed by atoms with Crippen molar-refractivity contribution in [1.82, 2.24) is 20.5 Å². The van der Waals surface area contributed by atoms with Crippen LogP contribution in [0.2, 0.25) is 0 Å². The van der Waals surface area contributed by atoms with E-state index >= 15 is 0 Å². The van der Waals surface area contributed by atoms with Gasteiger partial charge in [0.15, 0.2) is 5.96 Å². The van der Waals surface area contributed by atoms with Crippen molar-refractivity contribution in [1.29, 1.82) is 0 Å². The van der Waals surface area contributed by atoms with Crippen molar-refractivity contribution in [3.8, 4) is 0 Å². The van der Waals surface area contributed by atoms with E-state index in [1.807, 2.05) is 41.5 Å². The van der Waals surface area contributed by atoms with Crippen LogP contribution in [0.3, 0.4) is 0 Å². The maximum Gasteiger partial charge on any atom is 0.412 e. The van der Waals surface area contributed by atoms with Crippen molar-refractivity contribution >= 4 is 36.0 Å². The number of aromatic nitrogens is 1. The first-order valence-electron chi connectivity index (χ1n) is 9.68. The number of pyridine rings is 1. The van der Waals surface area contributed by atoms with Gasteiger partial charge >= 0.3 is 6.09 Å². The van der Waals surface area contributed by atoms with Crippen molar-refractivity contribution in [2.24, 2.45) is 4.99 Å². The molecule has 0 spiro atoms. The Hall–Kier alpha value is -1.69. The lowest BCUT2D eigenvalue weighted by Gasteiger charge is -2.35. The quantitative estimate of drug-likeness (QED) is 0.349. The maximum absolute atomic E-state index is 13.8. The molecule has 10 heteroatoms. The highest BCUT2D eigenvalue weighted by atomic mass is 127. The first-order valence-corrected chi connectivity index (χ1v) is 9.68. The zero-order valence-corrected chi connectivity index (χ0v) is 21.0. The monoisotopic (exact) mass is 537 g/mol. The van der Waals surface area contributed by atoms with E-state index in [9.17, 15) is 9.18 Å². The summed E-state index contributed by atoms with van der Waals surface area (Å²) in [4.78, 5) is 22.6. The number of hydrogen-bond donors (Lipinski definition) is 2. The van der Waals surface area contributed by atoms with Gasteiger partial charge in [-0.25, -0.2) is 9.18 Å². The predicted molar refractivity (Wildman–Crippen MR) is 124 cm³/mol. The number of nitrogens with one attached hydrogen (secondary N) is 2. The van der Waals surface area contributed by atoms with Gasteiger partial charge < -0.3 is 20.1 Å². The average molecular weight is 537 g/mol. The molecule has 8 nitrogen and oxygen atoms in total. The van der Waals surface area contributed by atoms with Crippen LogP contribution in [0.25, 0.3) is 0 Å². The molecule has 1 aliphatic heterocycles. The molecule has 2 rings (SSSR count). The zero-order chi connectivity index (χ0) is 21.8. The molecular formula is C20H33FIN5O3. The van der Waals surface area contributed by atoms with Crippen molar-refractivity contribution in [3.05, 3.63) is 29.8 Å². The molecular weight excluding hydrogens is 504 g/mol. The second kappa shape index (κ2) is 10.6. The molecule has 1 aliphatic rings. The fraction of sp³-hybridized carbons (Fsp3) is 0.650. The molecule has 0 radical (unpaired) electrons. The third-order valence-electron chi connectivity index (χ3n) is 4.48. The molecule has 2 N–H and O–H groups in total.